The molecule has 2 unspecified atom stereocenters. The maximum absolute atomic E-state index is 5.57. The standard InChI is InChI=1S/C12H19NO/c1-8-5-6-14-11(8)10-9(7-13-4)12(10,2)3/h5-6,9-10,13H,7H2,1-4H3. The van der Waals surface area contributed by atoms with Crippen LogP contribution in [0.25, 0.3) is 0 Å². The summed E-state index contributed by atoms with van der Waals surface area (Å²) in [6.45, 7) is 7.85. The van der Waals surface area contributed by atoms with Crippen LogP contribution < -0.4 is 5.32 Å². The molecule has 2 heteroatoms. The Hall–Kier alpha value is -0.760. The zero-order chi connectivity index (χ0) is 10.3. The minimum absolute atomic E-state index is 0.394. The number of rotatable bonds is 3. The van der Waals surface area contributed by atoms with Gasteiger partial charge in [-0.2, -0.15) is 0 Å². The summed E-state index contributed by atoms with van der Waals surface area (Å²) in [5, 5.41) is 3.25. The molecule has 0 radical (unpaired) electrons. The molecule has 1 fully saturated rings. The summed E-state index contributed by atoms with van der Waals surface area (Å²) in [5.74, 6) is 2.51. The lowest BCUT2D eigenvalue weighted by Gasteiger charge is -2.00. The lowest BCUT2D eigenvalue weighted by molar-refractivity contribution is 0.479. The molecule has 1 aromatic rings. The fourth-order valence-corrected chi connectivity index (χ4v) is 2.57. The van der Waals surface area contributed by atoms with E-state index in [9.17, 15) is 0 Å². The Labute approximate surface area is 85.7 Å². The summed E-state index contributed by atoms with van der Waals surface area (Å²) in [4.78, 5) is 0. The number of furan rings is 1. The van der Waals surface area contributed by atoms with Crippen LogP contribution in [0.15, 0.2) is 16.7 Å². The van der Waals surface area contributed by atoms with Gasteiger partial charge in [0.15, 0.2) is 0 Å². The van der Waals surface area contributed by atoms with Crippen LogP contribution in [0.5, 0.6) is 0 Å². The van der Waals surface area contributed by atoms with E-state index in [1.165, 1.54) is 11.3 Å². The van der Waals surface area contributed by atoms with Gasteiger partial charge in [-0.1, -0.05) is 13.8 Å². The molecule has 1 saturated carbocycles. The summed E-state index contributed by atoms with van der Waals surface area (Å²) in [6, 6.07) is 2.06. The molecule has 1 aromatic heterocycles. The first kappa shape index (κ1) is 9.78. The van der Waals surface area contributed by atoms with Crippen molar-refractivity contribution in [2.24, 2.45) is 11.3 Å². The van der Waals surface area contributed by atoms with Crippen molar-refractivity contribution in [3.63, 3.8) is 0 Å². The van der Waals surface area contributed by atoms with Crippen molar-refractivity contribution in [3.8, 4) is 0 Å². The first-order valence-electron chi connectivity index (χ1n) is 5.27. The van der Waals surface area contributed by atoms with E-state index in [2.05, 4.69) is 32.2 Å². The van der Waals surface area contributed by atoms with E-state index in [4.69, 9.17) is 4.42 Å². The van der Waals surface area contributed by atoms with E-state index in [1.807, 2.05) is 7.05 Å². The van der Waals surface area contributed by atoms with Gasteiger partial charge in [0.05, 0.1) is 6.26 Å². The Kier molecular flexibility index (Phi) is 2.18. The highest BCUT2D eigenvalue weighted by molar-refractivity contribution is 5.30. The van der Waals surface area contributed by atoms with Gasteiger partial charge in [0, 0.05) is 5.92 Å². The highest BCUT2D eigenvalue weighted by Crippen LogP contribution is 2.64. The van der Waals surface area contributed by atoms with Crippen molar-refractivity contribution >= 4 is 0 Å². The summed E-state index contributed by atoms with van der Waals surface area (Å²) in [7, 11) is 2.01. The van der Waals surface area contributed by atoms with Crippen LogP contribution in [0.2, 0.25) is 0 Å². The van der Waals surface area contributed by atoms with Crippen LogP contribution in [-0.2, 0) is 0 Å². The summed E-state index contributed by atoms with van der Waals surface area (Å²) in [5.41, 5.74) is 1.69. The molecular formula is C12H19NO. The van der Waals surface area contributed by atoms with Crippen LogP contribution in [0.3, 0.4) is 0 Å². The molecule has 0 aromatic carbocycles. The molecule has 2 nitrogen and oxygen atoms in total. The van der Waals surface area contributed by atoms with E-state index < -0.39 is 0 Å². The van der Waals surface area contributed by atoms with Gasteiger partial charge in [0.25, 0.3) is 0 Å². The number of hydrogen-bond acceptors (Lipinski definition) is 2. The summed E-state index contributed by atoms with van der Waals surface area (Å²) >= 11 is 0. The Morgan fingerprint density at radius 2 is 2.21 bits per heavy atom. The molecule has 0 spiro atoms. The van der Waals surface area contributed by atoms with Crippen LogP contribution in [0.1, 0.15) is 31.1 Å². The number of hydrogen-bond donors (Lipinski definition) is 1. The van der Waals surface area contributed by atoms with Gasteiger partial charge in [-0.15, -0.1) is 0 Å². The monoisotopic (exact) mass is 193 g/mol. The maximum atomic E-state index is 5.57. The average molecular weight is 193 g/mol. The van der Waals surface area contributed by atoms with Crippen LogP contribution in [0.4, 0.5) is 0 Å². The highest BCUT2D eigenvalue weighted by atomic mass is 16.3. The molecule has 1 heterocycles. The molecule has 0 bridgehead atoms. The summed E-state index contributed by atoms with van der Waals surface area (Å²) < 4.78 is 5.57. The third kappa shape index (κ3) is 1.29. The van der Waals surface area contributed by atoms with E-state index in [-0.39, 0.29) is 0 Å². The van der Waals surface area contributed by atoms with Gasteiger partial charge < -0.3 is 9.73 Å². The predicted octanol–water partition coefficient (Wildman–Crippen LogP) is 2.55. The average Bonchev–Trinajstić information content (AvgIpc) is 2.46. The van der Waals surface area contributed by atoms with Crippen LogP contribution in [0, 0.1) is 18.3 Å². The predicted molar refractivity (Wildman–Crippen MR) is 57.4 cm³/mol. The first-order valence-corrected chi connectivity index (χ1v) is 5.27. The molecule has 0 aliphatic heterocycles. The highest BCUT2D eigenvalue weighted by Gasteiger charge is 2.59. The fraction of sp³-hybridized carbons (Fsp3) is 0.667. The third-order valence-electron chi connectivity index (χ3n) is 3.66. The smallest absolute Gasteiger partial charge is 0.110 e. The zero-order valence-electron chi connectivity index (χ0n) is 9.42. The molecule has 1 N–H and O–H groups in total. The van der Waals surface area contributed by atoms with Gasteiger partial charge >= 0.3 is 0 Å². The second kappa shape index (κ2) is 3.13. The number of nitrogens with one attached hydrogen (secondary N) is 1. The van der Waals surface area contributed by atoms with Crippen molar-refractivity contribution in [1.82, 2.24) is 5.32 Å². The van der Waals surface area contributed by atoms with E-state index >= 15 is 0 Å². The molecular weight excluding hydrogens is 174 g/mol. The fourth-order valence-electron chi connectivity index (χ4n) is 2.57. The SMILES string of the molecule is CNCC1C(c2occc2C)C1(C)C. The Morgan fingerprint density at radius 3 is 2.71 bits per heavy atom. The van der Waals surface area contributed by atoms with Crippen molar-refractivity contribution in [2.75, 3.05) is 13.6 Å². The van der Waals surface area contributed by atoms with E-state index in [0.29, 0.717) is 11.3 Å². The third-order valence-corrected chi connectivity index (χ3v) is 3.66. The number of aryl methyl sites for hydroxylation is 1. The molecule has 0 amide bonds. The van der Waals surface area contributed by atoms with E-state index in [0.717, 1.165) is 12.5 Å². The van der Waals surface area contributed by atoms with Crippen LogP contribution >= 0.6 is 0 Å². The lowest BCUT2D eigenvalue weighted by atomic mass is 10.1. The van der Waals surface area contributed by atoms with Gasteiger partial charge in [0.1, 0.15) is 5.76 Å². The molecule has 14 heavy (non-hydrogen) atoms. The zero-order valence-corrected chi connectivity index (χ0v) is 9.42. The Balaban J connectivity index is 2.18. The van der Waals surface area contributed by atoms with Gasteiger partial charge in [-0.25, -0.2) is 0 Å². The largest absolute Gasteiger partial charge is 0.469 e. The van der Waals surface area contributed by atoms with Gasteiger partial charge in [-0.05, 0) is 43.5 Å². The van der Waals surface area contributed by atoms with Gasteiger partial charge in [-0.3, -0.25) is 0 Å². The summed E-state index contributed by atoms with van der Waals surface area (Å²) in [6.07, 6.45) is 1.80. The minimum Gasteiger partial charge on any atom is -0.469 e. The molecule has 2 rings (SSSR count). The quantitative estimate of drug-likeness (QED) is 0.798. The van der Waals surface area contributed by atoms with Crippen molar-refractivity contribution in [2.45, 2.75) is 26.7 Å². The lowest BCUT2D eigenvalue weighted by Crippen LogP contribution is -2.12. The van der Waals surface area contributed by atoms with Crippen molar-refractivity contribution < 1.29 is 4.42 Å². The minimum atomic E-state index is 0.394. The first-order chi connectivity index (χ1) is 6.59. The molecule has 0 saturated heterocycles. The molecule has 78 valence electrons. The maximum Gasteiger partial charge on any atom is 0.110 e. The van der Waals surface area contributed by atoms with Crippen molar-refractivity contribution in [1.29, 1.82) is 0 Å². The molecule has 1 aliphatic rings. The second-order valence-electron chi connectivity index (χ2n) is 4.93. The van der Waals surface area contributed by atoms with Crippen LogP contribution in [-0.4, -0.2) is 13.6 Å². The normalized spacial score (nSPS) is 29.1. The molecule has 2 atom stereocenters. The topological polar surface area (TPSA) is 25.2 Å². The molecule has 1 aliphatic carbocycles. The van der Waals surface area contributed by atoms with Gasteiger partial charge in [0.2, 0.25) is 0 Å². The van der Waals surface area contributed by atoms with E-state index in [1.54, 1.807) is 6.26 Å². The second-order valence-corrected chi connectivity index (χ2v) is 4.93. The Morgan fingerprint density at radius 1 is 1.50 bits per heavy atom. The Bertz CT molecular complexity index is 327. The van der Waals surface area contributed by atoms with Crippen molar-refractivity contribution in [3.05, 3.63) is 23.7 Å².